The highest BCUT2D eigenvalue weighted by atomic mass is 16.3. The predicted octanol–water partition coefficient (Wildman–Crippen LogP) is 3.56. The van der Waals surface area contributed by atoms with Crippen LogP contribution in [-0.4, -0.2) is 10.7 Å². The van der Waals surface area contributed by atoms with E-state index in [4.69, 9.17) is 0 Å². The van der Waals surface area contributed by atoms with Gasteiger partial charge in [-0.25, -0.2) is 0 Å². The summed E-state index contributed by atoms with van der Waals surface area (Å²) in [6.45, 7) is 2.11. The Morgan fingerprint density at radius 2 is 1.94 bits per heavy atom. The zero-order valence-corrected chi connectivity index (χ0v) is 10.2. The van der Waals surface area contributed by atoms with Gasteiger partial charge in [-0.3, -0.25) is 0 Å². The van der Waals surface area contributed by atoms with Gasteiger partial charge >= 0.3 is 0 Å². The third-order valence-corrected chi connectivity index (χ3v) is 4.17. The minimum Gasteiger partial charge on any atom is -0.390 e. The second kappa shape index (κ2) is 5.01. The lowest BCUT2D eigenvalue weighted by Crippen LogP contribution is -2.41. The lowest BCUT2D eigenvalue weighted by Gasteiger charge is -2.41. The van der Waals surface area contributed by atoms with Gasteiger partial charge in [0.25, 0.3) is 0 Å². The van der Waals surface area contributed by atoms with Crippen LogP contribution in [0.1, 0.15) is 44.6 Å². The fourth-order valence-corrected chi connectivity index (χ4v) is 2.62. The van der Waals surface area contributed by atoms with E-state index in [2.05, 4.69) is 31.2 Å². The molecule has 1 unspecified atom stereocenters. The van der Waals surface area contributed by atoms with Crippen molar-refractivity contribution in [3.05, 3.63) is 35.9 Å². The van der Waals surface area contributed by atoms with Crippen molar-refractivity contribution in [3.8, 4) is 0 Å². The quantitative estimate of drug-likeness (QED) is 0.801. The maximum atomic E-state index is 10.6. The number of aliphatic hydroxyl groups is 1. The SMILES string of the molecule is CCC(O)(CCc1ccccc1)C1CCC1. The minimum atomic E-state index is -0.409. The van der Waals surface area contributed by atoms with Crippen LogP contribution in [0.25, 0.3) is 0 Å². The molecule has 88 valence electrons. The van der Waals surface area contributed by atoms with E-state index in [9.17, 15) is 5.11 Å². The van der Waals surface area contributed by atoms with Gasteiger partial charge in [-0.15, -0.1) is 0 Å². The molecule has 1 saturated carbocycles. The second-order valence-electron chi connectivity index (χ2n) is 5.07. The number of benzene rings is 1. The van der Waals surface area contributed by atoms with Crippen LogP contribution in [0.15, 0.2) is 30.3 Å². The topological polar surface area (TPSA) is 20.2 Å². The Morgan fingerprint density at radius 3 is 2.44 bits per heavy atom. The standard InChI is InChI=1S/C15H22O/c1-2-15(16,14-9-6-10-14)12-11-13-7-4-3-5-8-13/h3-5,7-8,14,16H,2,6,9-12H2,1H3. The van der Waals surface area contributed by atoms with Gasteiger partial charge in [0.2, 0.25) is 0 Å². The molecule has 16 heavy (non-hydrogen) atoms. The van der Waals surface area contributed by atoms with E-state index in [0.717, 1.165) is 19.3 Å². The highest BCUT2D eigenvalue weighted by Crippen LogP contribution is 2.40. The summed E-state index contributed by atoms with van der Waals surface area (Å²) in [5, 5.41) is 10.6. The van der Waals surface area contributed by atoms with Crippen LogP contribution in [0.4, 0.5) is 0 Å². The van der Waals surface area contributed by atoms with Gasteiger partial charge in [-0.1, -0.05) is 43.7 Å². The second-order valence-corrected chi connectivity index (χ2v) is 5.07. The third kappa shape index (κ3) is 2.46. The Hall–Kier alpha value is -0.820. The van der Waals surface area contributed by atoms with Crippen molar-refractivity contribution in [1.82, 2.24) is 0 Å². The maximum Gasteiger partial charge on any atom is 0.0676 e. The number of rotatable bonds is 5. The van der Waals surface area contributed by atoms with Crippen molar-refractivity contribution >= 4 is 0 Å². The number of hydrogen-bond donors (Lipinski definition) is 1. The first-order valence-corrected chi connectivity index (χ1v) is 6.51. The molecule has 1 nitrogen and oxygen atoms in total. The number of hydrogen-bond acceptors (Lipinski definition) is 1. The molecule has 0 heterocycles. The molecule has 1 heteroatoms. The van der Waals surface area contributed by atoms with Gasteiger partial charge in [-0.2, -0.15) is 0 Å². The fraction of sp³-hybridized carbons (Fsp3) is 0.600. The molecule has 0 saturated heterocycles. The number of aryl methyl sites for hydroxylation is 1. The fourth-order valence-electron chi connectivity index (χ4n) is 2.62. The van der Waals surface area contributed by atoms with E-state index in [0.29, 0.717) is 5.92 Å². The molecule has 0 spiro atoms. The average molecular weight is 218 g/mol. The van der Waals surface area contributed by atoms with Crippen LogP contribution in [0.5, 0.6) is 0 Å². The molecular formula is C15H22O. The van der Waals surface area contributed by atoms with E-state index in [1.54, 1.807) is 0 Å². The van der Waals surface area contributed by atoms with Gasteiger partial charge in [0.05, 0.1) is 5.60 Å². The molecule has 1 aliphatic rings. The van der Waals surface area contributed by atoms with Crippen molar-refractivity contribution in [3.63, 3.8) is 0 Å². The molecule has 1 aromatic carbocycles. The molecule has 0 aliphatic heterocycles. The first-order valence-electron chi connectivity index (χ1n) is 6.51. The van der Waals surface area contributed by atoms with Crippen molar-refractivity contribution in [2.75, 3.05) is 0 Å². The van der Waals surface area contributed by atoms with Crippen LogP contribution < -0.4 is 0 Å². The summed E-state index contributed by atoms with van der Waals surface area (Å²) in [5.41, 5.74) is 0.933. The van der Waals surface area contributed by atoms with Crippen LogP contribution in [0.2, 0.25) is 0 Å². The summed E-state index contributed by atoms with van der Waals surface area (Å²) in [5.74, 6) is 0.557. The Morgan fingerprint density at radius 1 is 1.25 bits per heavy atom. The molecule has 0 bridgehead atoms. The van der Waals surface area contributed by atoms with Crippen LogP contribution in [0.3, 0.4) is 0 Å². The molecule has 0 amide bonds. The Labute approximate surface area is 98.5 Å². The first kappa shape index (κ1) is 11.7. The zero-order chi connectivity index (χ0) is 11.4. The lowest BCUT2D eigenvalue weighted by atomic mass is 9.69. The van der Waals surface area contributed by atoms with E-state index >= 15 is 0 Å². The highest BCUT2D eigenvalue weighted by molar-refractivity contribution is 5.15. The lowest BCUT2D eigenvalue weighted by molar-refractivity contribution is -0.0595. The third-order valence-electron chi connectivity index (χ3n) is 4.17. The average Bonchev–Trinajstić information content (AvgIpc) is 2.25. The summed E-state index contributed by atoms with van der Waals surface area (Å²) < 4.78 is 0. The van der Waals surface area contributed by atoms with Gasteiger partial charge in [0.1, 0.15) is 0 Å². The first-order chi connectivity index (χ1) is 7.74. The van der Waals surface area contributed by atoms with E-state index in [1.807, 2.05) is 6.07 Å². The van der Waals surface area contributed by atoms with Gasteiger partial charge in [-0.05, 0) is 43.6 Å². The van der Waals surface area contributed by atoms with E-state index in [-0.39, 0.29) is 0 Å². The van der Waals surface area contributed by atoms with E-state index < -0.39 is 5.60 Å². The Kier molecular flexibility index (Phi) is 3.65. The zero-order valence-electron chi connectivity index (χ0n) is 10.2. The van der Waals surface area contributed by atoms with Crippen molar-refractivity contribution in [2.24, 2.45) is 5.92 Å². The summed E-state index contributed by atoms with van der Waals surface area (Å²) in [6, 6.07) is 10.5. The Balaban J connectivity index is 1.92. The molecule has 0 aromatic heterocycles. The molecule has 1 fully saturated rings. The Bertz CT molecular complexity index is 315. The predicted molar refractivity (Wildman–Crippen MR) is 67.3 cm³/mol. The summed E-state index contributed by atoms with van der Waals surface area (Å²) in [6.07, 6.45) is 6.56. The minimum absolute atomic E-state index is 0.409. The molecule has 1 aromatic rings. The maximum absolute atomic E-state index is 10.6. The largest absolute Gasteiger partial charge is 0.390 e. The van der Waals surface area contributed by atoms with Crippen molar-refractivity contribution in [1.29, 1.82) is 0 Å². The smallest absolute Gasteiger partial charge is 0.0676 e. The highest BCUT2D eigenvalue weighted by Gasteiger charge is 2.37. The van der Waals surface area contributed by atoms with Crippen LogP contribution >= 0.6 is 0 Å². The van der Waals surface area contributed by atoms with Crippen molar-refractivity contribution in [2.45, 2.75) is 51.0 Å². The molecule has 0 radical (unpaired) electrons. The van der Waals surface area contributed by atoms with E-state index in [1.165, 1.54) is 24.8 Å². The van der Waals surface area contributed by atoms with Gasteiger partial charge < -0.3 is 5.11 Å². The molecule has 1 atom stereocenters. The van der Waals surface area contributed by atoms with Crippen LogP contribution in [0, 0.1) is 5.92 Å². The summed E-state index contributed by atoms with van der Waals surface area (Å²) in [4.78, 5) is 0. The summed E-state index contributed by atoms with van der Waals surface area (Å²) >= 11 is 0. The molecule has 2 rings (SSSR count). The van der Waals surface area contributed by atoms with Gasteiger partial charge in [0.15, 0.2) is 0 Å². The monoisotopic (exact) mass is 218 g/mol. The van der Waals surface area contributed by atoms with Crippen molar-refractivity contribution < 1.29 is 5.11 Å². The molecule has 1 N–H and O–H groups in total. The molecule has 1 aliphatic carbocycles. The summed E-state index contributed by atoms with van der Waals surface area (Å²) in [7, 11) is 0. The van der Waals surface area contributed by atoms with Crippen LogP contribution in [-0.2, 0) is 6.42 Å². The van der Waals surface area contributed by atoms with Gasteiger partial charge in [0, 0.05) is 0 Å². The molecular weight excluding hydrogens is 196 g/mol. The normalized spacial score (nSPS) is 20.1.